The normalized spacial score (nSPS) is 21.3. The Labute approximate surface area is 64.0 Å². The van der Waals surface area contributed by atoms with Crippen molar-refractivity contribution in [1.29, 1.82) is 0 Å². The van der Waals surface area contributed by atoms with Gasteiger partial charge in [0, 0.05) is 5.54 Å². The fraction of sp³-hybridized carbons (Fsp3) is 1.00. The zero-order valence-electron chi connectivity index (χ0n) is 7.57. The number of nitrogens with two attached hydrogens (primary N) is 1. The van der Waals surface area contributed by atoms with Gasteiger partial charge in [0.25, 0.3) is 0 Å². The zero-order chi connectivity index (χ0) is 7.99. The summed E-state index contributed by atoms with van der Waals surface area (Å²) in [4.78, 5) is 0. The maximum atomic E-state index is 6.05. The molecule has 0 bridgehead atoms. The Kier molecular flexibility index (Phi) is 1.59. The van der Waals surface area contributed by atoms with E-state index in [0.717, 1.165) is 5.92 Å². The van der Waals surface area contributed by atoms with Gasteiger partial charge in [-0.25, -0.2) is 0 Å². The lowest BCUT2D eigenvalue weighted by Gasteiger charge is -2.39. The molecule has 60 valence electrons. The van der Waals surface area contributed by atoms with E-state index in [4.69, 9.17) is 5.73 Å². The smallest absolute Gasteiger partial charge is 0.0151 e. The van der Waals surface area contributed by atoms with Crippen LogP contribution < -0.4 is 5.73 Å². The molecular formula is C9H19N. The molecule has 0 aliphatic heterocycles. The molecule has 1 aliphatic rings. The van der Waals surface area contributed by atoms with Crippen molar-refractivity contribution in [3.8, 4) is 0 Å². The quantitative estimate of drug-likeness (QED) is 0.626. The molecule has 1 heteroatoms. The molecular weight excluding hydrogens is 122 g/mol. The van der Waals surface area contributed by atoms with E-state index in [1.165, 1.54) is 12.8 Å². The molecule has 0 aromatic heterocycles. The van der Waals surface area contributed by atoms with Crippen molar-refractivity contribution in [3.63, 3.8) is 0 Å². The fourth-order valence-corrected chi connectivity index (χ4v) is 1.33. The van der Waals surface area contributed by atoms with Crippen molar-refractivity contribution in [1.82, 2.24) is 0 Å². The molecule has 1 rings (SSSR count). The Morgan fingerprint density at radius 3 is 1.60 bits per heavy atom. The van der Waals surface area contributed by atoms with Gasteiger partial charge in [0.1, 0.15) is 0 Å². The molecule has 0 radical (unpaired) electrons. The summed E-state index contributed by atoms with van der Waals surface area (Å²) < 4.78 is 0. The summed E-state index contributed by atoms with van der Waals surface area (Å²) in [6, 6.07) is 0. The molecule has 0 aromatic rings. The summed E-state index contributed by atoms with van der Waals surface area (Å²) in [6.07, 6.45) is 2.77. The molecule has 2 N–H and O–H groups in total. The van der Waals surface area contributed by atoms with Crippen LogP contribution in [0.25, 0.3) is 0 Å². The summed E-state index contributed by atoms with van der Waals surface area (Å²) in [6.45, 7) is 8.83. The van der Waals surface area contributed by atoms with Gasteiger partial charge in [-0.2, -0.15) is 0 Å². The van der Waals surface area contributed by atoms with Crippen LogP contribution in [0.1, 0.15) is 40.5 Å². The first-order valence-corrected chi connectivity index (χ1v) is 4.14. The van der Waals surface area contributed by atoms with Crippen LogP contribution in [0.15, 0.2) is 0 Å². The first kappa shape index (κ1) is 8.06. The maximum Gasteiger partial charge on any atom is 0.0151 e. The average Bonchev–Trinajstić information content (AvgIpc) is 2.38. The average molecular weight is 141 g/mol. The zero-order valence-corrected chi connectivity index (χ0v) is 7.57. The van der Waals surface area contributed by atoms with E-state index in [1.807, 2.05) is 0 Å². The van der Waals surface area contributed by atoms with Crippen LogP contribution in [0.4, 0.5) is 0 Å². The second-order valence-electron chi connectivity index (χ2n) is 4.72. The van der Waals surface area contributed by atoms with E-state index in [9.17, 15) is 0 Å². The molecule has 0 spiro atoms. The Hall–Kier alpha value is -0.0400. The van der Waals surface area contributed by atoms with Crippen molar-refractivity contribution in [3.05, 3.63) is 0 Å². The second-order valence-corrected chi connectivity index (χ2v) is 4.72. The van der Waals surface area contributed by atoms with Gasteiger partial charge in [-0.3, -0.25) is 0 Å². The lowest BCUT2D eigenvalue weighted by molar-refractivity contribution is 0.167. The lowest BCUT2D eigenvalue weighted by atomic mass is 9.71. The molecule has 0 atom stereocenters. The largest absolute Gasteiger partial charge is 0.325 e. The topological polar surface area (TPSA) is 26.0 Å². The van der Waals surface area contributed by atoms with Crippen LogP contribution in [0.5, 0.6) is 0 Å². The van der Waals surface area contributed by atoms with Crippen LogP contribution in [-0.4, -0.2) is 5.54 Å². The van der Waals surface area contributed by atoms with Crippen LogP contribution in [0.3, 0.4) is 0 Å². The number of hydrogen-bond donors (Lipinski definition) is 1. The monoisotopic (exact) mass is 141 g/mol. The molecule has 10 heavy (non-hydrogen) atoms. The molecule has 0 aromatic carbocycles. The molecule has 0 saturated heterocycles. The maximum absolute atomic E-state index is 6.05. The summed E-state index contributed by atoms with van der Waals surface area (Å²) in [7, 11) is 0. The van der Waals surface area contributed by atoms with E-state index in [2.05, 4.69) is 27.7 Å². The highest BCUT2D eigenvalue weighted by Gasteiger charge is 2.45. The highest BCUT2D eigenvalue weighted by atomic mass is 14.8. The Morgan fingerprint density at radius 1 is 1.10 bits per heavy atom. The minimum absolute atomic E-state index is 0.0197. The Bertz CT molecular complexity index is 126. The number of rotatable bonds is 2. The van der Waals surface area contributed by atoms with Crippen molar-refractivity contribution >= 4 is 0 Å². The van der Waals surface area contributed by atoms with E-state index >= 15 is 0 Å². The molecule has 0 unspecified atom stereocenters. The standard InChI is InChI=1S/C9H19N/c1-8(2,7-5-6-7)9(3,4)10/h7H,5-6,10H2,1-4H3. The minimum atomic E-state index is -0.0197. The van der Waals surface area contributed by atoms with Crippen molar-refractivity contribution in [2.24, 2.45) is 17.1 Å². The van der Waals surface area contributed by atoms with Crippen LogP contribution in [0, 0.1) is 11.3 Å². The van der Waals surface area contributed by atoms with E-state index in [-0.39, 0.29) is 5.54 Å². The van der Waals surface area contributed by atoms with Gasteiger partial charge in [-0.1, -0.05) is 13.8 Å². The van der Waals surface area contributed by atoms with Gasteiger partial charge in [0.15, 0.2) is 0 Å². The summed E-state index contributed by atoms with van der Waals surface area (Å²) in [5.41, 5.74) is 6.36. The van der Waals surface area contributed by atoms with Crippen LogP contribution in [0.2, 0.25) is 0 Å². The molecule has 1 nitrogen and oxygen atoms in total. The Balaban J connectivity index is 2.66. The second kappa shape index (κ2) is 1.97. The Morgan fingerprint density at radius 2 is 1.50 bits per heavy atom. The summed E-state index contributed by atoms with van der Waals surface area (Å²) >= 11 is 0. The van der Waals surface area contributed by atoms with Gasteiger partial charge in [0.05, 0.1) is 0 Å². The molecule has 1 saturated carbocycles. The molecule has 1 aliphatic carbocycles. The first-order chi connectivity index (χ1) is 4.36. The predicted molar refractivity (Wildman–Crippen MR) is 44.8 cm³/mol. The third-order valence-corrected chi connectivity index (χ3v) is 3.26. The third kappa shape index (κ3) is 1.20. The van der Waals surface area contributed by atoms with E-state index < -0.39 is 0 Å². The van der Waals surface area contributed by atoms with E-state index in [1.54, 1.807) is 0 Å². The van der Waals surface area contributed by atoms with Gasteiger partial charge in [-0.05, 0) is 38.0 Å². The van der Waals surface area contributed by atoms with E-state index in [0.29, 0.717) is 5.41 Å². The lowest BCUT2D eigenvalue weighted by Crippen LogP contribution is -2.48. The summed E-state index contributed by atoms with van der Waals surface area (Å²) in [5.74, 6) is 0.882. The SMILES string of the molecule is CC(C)(N)C(C)(C)C1CC1. The molecule has 0 amide bonds. The first-order valence-electron chi connectivity index (χ1n) is 4.14. The van der Waals surface area contributed by atoms with Crippen LogP contribution in [-0.2, 0) is 0 Å². The van der Waals surface area contributed by atoms with Gasteiger partial charge >= 0.3 is 0 Å². The van der Waals surface area contributed by atoms with Gasteiger partial charge < -0.3 is 5.73 Å². The molecule has 0 heterocycles. The van der Waals surface area contributed by atoms with Crippen molar-refractivity contribution in [2.75, 3.05) is 0 Å². The number of hydrogen-bond acceptors (Lipinski definition) is 1. The van der Waals surface area contributed by atoms with Gasteiger partial charge in [0.2, 0.25) is 0 Å². The highest BCUT2D eigenvalue weighted by molar-refractivity contribution is 4.99. The van der Waals surface area contributed by atoms with Crippen molar-refractivity contribution in [2.45, 2.75) is 46.1 Å². The van der Waals surface area contributed by atoms with Crippen LogP contribution >= 0.6 is 0 Å². The summed E-state index contributed by atoms with van der Waals surface area (Å²) in [5, 5.41) is 0. The van der Waals surface area contributed by atoms with Crippen molar-refractivity contribution < 1.29 is 0 Å². The predicted octanol–water partition coefficient (Wildman–Crippen LogP) is 2.16. The fourth-order valence-electron chi connectivity index (χ4n) is 1.33. The minimum Gasteiger partial charge on any atom is -0.325 e. The third-order valence-electron chi connectivity index (χ3n) is 3.26. The highest BCUT2D eigenvalue weighted by Crippen LogP contribution is 2.49. The van der Waals surface area contributed by atoms with Gasteiger partial charge in [-0.15, -0.1) is 0 Å². The molecule has 1 fully saturated rings.